The quantitative estimate of drug-likeness (QED) is 0.619. The third-order valence-corrected chi connectivity index (χ3v) is 5.75. The summed E-state index contributed by atoms with van der Waals surface area (Å²) in [6.45, 7) is 7.52. The second kappa shape index (κ2) is 9.42. The van der Waals surface area contributed by atoms with Gasteiger partial charge in [0.15, 0.2) is 0 Å². The molecule has 3 rings (SSSR count). The lowest BCUT2D eigenvalue weighted by Crippen LogP contribution is -2.43. The fraction of sp³-hybridized carbons (Fsp3) is 0.400. The maximum Gasteiger partial charge on any atom is 0.325 e. The number of rotatable bonds is 8. The minimum Gasteiger partial charge on any atom is -0.497 e. The summed E-state index contributed by atoms with van der Waals surface area (Å²) in [6.07, 6.45) is 1.00. The Labute approximate surface area is 189 Å². The number of imide groups is 1. The Kier molecular flexibility index (Phi) is 6.87. The zero-order valence-electron chi connectivity index (χ0n) is 19.3. The number of hydrogen-bond acceptors (Lipinski definition) is 4. The Bertz CT molecular complexity index is 985. The minimum atomic E-state index is -1.23. The highest BCUT2D eigenvalue weighted by Gasteiger charge is 2.49. The van der Waals surface area contributed by atoms with Crippen molar-refractivity contribution >= 4 is 17.8 Å². The number of carbonyl (C=O) groups excluding carboxylic acids is 3. The molecule has 2 aromatic rings. The van der Waals surface area contributed by atoms with E-state index < -0.39 is 23.4 Å². The maximum absolute atomic E-state index is 13.0. The van der Waals surface area contributed by atoms with E-state index in [9.17, 15) is 14.4 Å². The Balaban J connectivity index is 1.64. The third kappa shape index (κ3) is 4.93. The van der Waals surface area contributed by atoms with Crippen molar-refractivity contribution < 1.29 is 19.1 Å². The van der Waals surface area contributed by atoms with Gasteiger partial charge in [-0.3, -0.25) is 14.5 Å². The van der Waals surface area contributed by atoms with Crippen molar-refractivity contribution in [3.05, 3.63) is 65.2 Å². The van der Waals surface area contributed by atoms with Crippen LogP contribution in [0.25, 0.3) is 0 Å². The van der Waals surface area contributed by atoms with Gasteiger partial charge in [0.05, 0.1) is 13.2 Å². The van der Waals surface area contributed by atoms with Crippen LogP contribution in [0.15, 0.2) is 48.5 Å². The smallest absolute Gasteiger partial charge is 0.325 e. The van der Waals surface area contributed by atoms with Crippen LogP contribution in [0.4, 0.5) is 4.79 Å². The van der Waals surface area contributed by atoms with Gasteiger partial charge in [-0.15, -0.1) is 0 Å². The van der Waals surface area contributed by atoms with Gasteiger partial charge in [0.2, 0.25) is 5.91 Å². The van der Waals surface area contributed by atoms with E-state index in [-0.39, 0.29) is 12.6 Å². The molecule has 2 N–H and O–H groups in total. The van der Waals surface area contributed by atoms with E-state index in [1.54, 1.807) is 38.3 Å². The van der Waals surface area contributed by atoms with E-state index in [2.05, 4.69) is 36.6 Å². The van der Waals surface area contributed by atoms with Crippen molar-refractivity contribution in [2.24, 2.45) is 5.92 Å². The standard InChI is InChI=1S/C25H31N3O4/c1-16(2)14-18-6-8-19(9-7-18)17(3)26-22(29)15-28-23(30)25(4,27-24(28)31)20-10-12-21(32-5)13-11-20/h6-13,16-17H,14-15H2,1-5H3,(H,26,29)(H,27,31)/t17-,25-/m0/s1. The number of amides is 4. The molecule has 0 spiro atoms. The molecule has 1 saturated heterocycles. The second-order valence-electron chi connectivity index (χ2n) is 8.80. The number of nitrogens with zero attached hydrogens (tertiary/aromatic N) is 1. The highest BCUT2D eigenvalue weighted by atomic mass is 16.5. The van der Waals surface area contributed by atoms with Gasteiger partial charge < -0.3 is 15.4 Å². The molecule has 0 saturated carbocycles. The molecule has 32 heavy (non-hydrogen) atoms. The molecule has 1 aliphatic heterocycles. The molecule has 170 valence electrons. The summed E-state index contributed by atoms with van der Waals surface area (Å²) in [4.78, 5) is 39.1. The molecule has 0 aromatic heterocycles. The van der Waals surface area contributed by atoms with Crippen LogP contribution in [-0.4, -0.2) is 36.4 Å². The first-order valence-electron chi connectivity index (χ1n) is 10.8. The number of hydrogen-bond donors (Lipinski definition) is 2. The van der Waals surface area contributed by atoms with Gasteiger partial charge in [-0.2, -0.15) is 0 Å². The van der Waals surface area contributed by atoms with Crippen molar-refractivity contribution in [3.63, 3.8) is 0 Å². The second-order valence-corrected chi connectivity index (χ2v) is 8.80. The first-order chi connectivity index (χ1) is 15.1. The van der Waals surface area contributed by atoms with E-state index in [0.717, 1.165) is 16.9 Å². The van der Waals surface area contributed by atoms with Gasteiger partial charge in [-0.1, -0.05) is 50.2 Å². The molecule has 1 heterocycles. The average molecular weight is 438 g/mol. The molecular weight excluding hydrogens is 406 g/mol. The summed E-state index contributed by atoms with van der Waals surface area (Å²) in [6, 6.07) is 14.2. The summed E-state index contributed by atoms with van der Waals surface area (Å²) >= 11 is 0. The van der Waals surface area contributed by atoms with Crippen molar-refractivity contribution in [1.82, 2.24) is 15.5 Å². The van der Waals surface area contributed by atoms with E-state index in [0.29, 0.717) is 17.2 Å². The summed E-state index contributed by atoms with van der Waals surface area (Å²) in [7, 11) is 1.56. The normalized spacial score (nSPS) is 19.1. The molecule has 2 aromatic carbocycles. The van der Waals surface area contributed by atoms with Gasteiger partial charge in [-0.25, -0.2) is 4.79 Å². The maximum atomic E-state index is 13.0. The zero-order chi connectivity index (χ0) is 23.5. The summed E-state index contributed by atoms with van der Waals surface area (Å²) in [5.41, 5.74) is 1.60. The molecule has 7 heteroatoms. The van der Waals surface area contributed by atoms with Crippen molar-refractivity contribution in [3.8, 4) is 5.75 Å². The Morgan fingerprint density at radius 3 is 2.25 bits per heavy atom. The molecule has 0 aliphatic carbocycles. The van der Waals surface area contributed by atoms with Gasteiger partial charge in [0.25, 0.3) is 5.91 Å². The van der Waals surface area contributed by atoms with Gasteiger partial charge >= 0.3 is 6.03 Å². The predicted octanol–water partition coefficient (Wildman–Crippen LogP) is 3.54. The van der Waals surface area contributed by atoms with E-state index >= 15 is 0 Å². The first-order valence-corrected chi connectivity index (χ1v) is 10.8. The number of methoxy groups -OCH3 is 1. The first kappa shape index (κ1) is 23.3. The minimum absolute atomic E-state index is 0.246. The zero-order valence-corrected chi connectivity index (χ0v) is 19.3. The molecule has 2 atom stereocenters. The lowest BCUT2D eigenvalue weighted by Gasteiger charge is -2.22. The number of carbonyl (C=O) groups is 3. The third-order valence-electron chi connectivity index (χ3n) is 5.75. The van der Waals surface area contributed by atoms with Crippen LogP contribution in [0.1, 0.15) is 50.4 Å². The van der Waals surface area contributed by atoms with Crippen LogP contribution in [0.2, 0.25) is 0 Å². The van der Waals surface area contributed by atoms with Gasteiger partial charge in [0.1, 0.15) is 17.8 Å². The molecule has 0 bridgehead atoms. The van der Waals surface area contributed by atoms with Crippen molar-refractivity contribution in [1.29, 1.82) is 0 Å². The molecular formula is C25H31N3O4. The Morgan fingerprint density at radius 1 is 1.06 bits per heavy atom. The summed E-state index contributed by atoms with van der Waals surface area (Å²) in [5, 5.41) is 5.59. The fourth-order valence-corrected chi connectivity index (χ4v) is 3.89. The van der Waals surface area contributed by atoms with Gasteiger partial charge in [0, 0.05) is 0 Å². The number of ether oxygens (including phenoxy) is 1. The largest absolute Gasteiger partial charge is 0.497 e. The highest BCUT2D eigenvalue weighted by molar-refractivity contribution is 6.09. The topological polar surface area (TPSA) is 87.7 Å². The average Bonchev–Trinajstić information content (AvgIpc) is 2.97. The van der Waals surface area contributed by atoms with Crippen LogP contribution >= 0.6 is 0 Å². The van der Waals surface area contributed by atoms with Crippen molar-refractivity contribution in [2.75, 3.05) is 13.7 Å². The van der Waals surface area contributed by atoms with Crippen LogP contribution in [0.3, 0.4) is 0 Å². The van der Waals surface area contributed by atoms with Crippen LogP contribution in [0.5, 0.6) is 5.75 Å². The summed E-state index contributed by atoms with van der Waals surface area (Å²) in [5.74, 6) is 0.363. The van der Waals surface area contributed by atoms with Gasteiger partial charge in [-0.05, 0) is 55.0 Å². The number of nitrogens with one attached hydrogen (secondary N) is 2. The monoisotopic (exact) mass is 437 g/mol. The molecule has 4 amide bonds. The van der Waals surface area contributed by atoms with E-state index in [1.807, 2.05) is 19.1 Å². The molecule has 1 fully saturated rings. The van der Waals surface area contributed by atoms with E-state index in [4.69, 9.17) is 4.74 Å². The SMILES string of the molecule is COc1ccc([C@]2(C)NC(=O)N(CC(=O)N[C@@H](C)c3ccc(CC(C)C)cc3)C2=O)cc1. The molecule has 1 aliphatic rings. The number of urea groups is 1. The Hall–Kier alpha value is -3.35. The summed E-state index contributed by atoms with van der Waals surface area (Å²) < 4.78 is 5.15. The highest BCUT2D eigenvalue weighted by Crippen LogP contribution is 2.30. The lowest BCUT2D eigenvalue weighted by atomic mass is 9.92. The number of benzene rings is 2. The molecule has 7 nitrogen and oxygen atoms in total. The van der Waals surface area contributed by atoms with Crippen LogP contribution in [0, 0.1) is 5.92 Å². The van der Waals surface area contributed by atoms with Crippen LogP contribution < -0.4 is 15.4 Å². The van der Waals surface area contributed by atoms with Crippen LogP contribution in [-0.2, 0) is 21.5 Å². The van der Waals surface area contributed by atoms with Crippen molar-refractivity contribution in [2.45, 2.75) is 45.7 Å². The Morgan fingerprint density at radius 2 is 1.69 bits per heavy atom. The van der Waals surface area contributed by atoms with E-state index in [1.165, 1.54) is 5.56 Å². The lowest BCUT2D eigenvalue weighted by molar-refractivity contribution is -0.135. The predicted molar refractivity (Wildman–Crippen MR) is 122 cm³/mol. The fourth-order valence-electron chi connectivity index (χ4n) is 3.89. The molecule has 0 radical (unpaired) electrons. The molecule has 0 unspecified atom stereocenters.